The number of rotatable bonds is 20. The lowest BCUT2D eigenvalue weighted by Gasteiger charge is -2.26. The van der Waals surface area contributed by atoms with Crippen LogP contribution in [0.25, 0.3) is 0 Å². The molecule has 0 saturated heterocycles. The second-order valence-corrected chi connectivity index (χ2v) is 28.6. The number of hydrogen-bond acceptors (Lipinski definition) is 9. The number of carbonyl (C=O) groups excluding carboxylic acids is 3. The van der Waals surface area contributed by atoms with Crippen molar-refractivity contribution < 1.29 is 33.7 Å². The second-order valence-electron chi connectivity index (χ2n) is 27.4. The Kier molecular flexibility index (Phi) is 34.2. The standard InChI is InChI=1S/C15H33N.C14H26O5.C14H30S.C12H25NO2/c1-14(2,3)10-8-12-16(7)13-9-11-15(4,5)6;1-12(2,3)18-10(15)8-14(7,17)9-11(16)19-13(4,5)6;1-13(2,3)9-7-11-15-12-8-10-14(4,5)6;1-11(2,3)10(14)13-8-7-9-15-12(4,5)6/h8-13H2,1-7H3;17H,8-9H2,1-7H3;7-12H2,1-6H3;7-9H2,1-6H3,(H,13,14). The van der Waals surface area contributed by atoms with E-state index in [1.807, 2.05) is 41.5 Å². The number of ether oxygens (including phenoxy) is 3. The maximum atomic E-state index is 11.6. The molecule has 2 N–H and O–H groups in total. The minimum Gasteiger partial charge on any atom is -0.460 e. The van der Waals surface area contributed by atoms with Crippen LogP contribution in [0.3, 0.4) is 0 Å². The van der Waals surface area contributed by atoms with Crippen molar-refractivity contribution in [2.24, 2.45) is 27.1 Å². The predicted octanol–water partition coefficient (Wildman–Crippen LogP) is 14.5. The van der Waals surface area contributed by atoms with Crippen molar-refractivity contribution in [1.29, 1.82) is 0 Å². The first-order valence-electron chi connectivity index (χ1n) is 25.0. The molecule has 9 nitrogen and oxygen atoms in total. The predicted molar refractivity (Wildman–Crippen MR) is 284 cm³/mol. The molecule has 0 saturated carbocycles. The highest BCUT2D eigenvalue weighted by atomic mass is 32.2. The van der Waals surface area contributed by atoms with E-state index in [9.17, 15) is 19.5 Å². The SMILES string of the molecule is CC(C)(C)CCCSCCCC(C)(C)C.CC(C)(C)OCCCNC(=O)C(C)(C)C.CC(O)(CC(=O)OC(C)(C)C)CC(=O)OC(C)(C)C.CN(CCCC(C)(C)C)CCCC(C)(C)C. The average Bonchev–Trinajstić information content (AvgIpc) is 2.99. The molecule has 1 amide bonds. The third-order valence-corrected chi connectivity index (χ3v) is 10.2. The number of nitrogens with one attached hydrogen (secondary N) is 1. The smallest absolute Gasteiger partial charge is 0.309 e. The lowest BCUT2D eigenvalue weighted by molar-refractivity contribution is -0.165. The first-order valence-corrected chi connectivity index (χ1v) is 26.1. The fourth-order valence-electron chi connectivity index (χ4n) is 5.74. The molecule has 0 heterocycles. The van der Waals surface area contributed by atoms with E-state index in [0.29, 0.717) is 34.8 Å². The third kappa shape index (κ3) is 64.8. The highest BCUT2D eigenvalue weighted by Crippen LogP contribution is 2.26. The van der Waals surface area contributed by atoms with E-state index in [0.717, 1.165) is 6.42 Å². The van der Waals surface area contributed by atoms with Gasteiger partial charge in [0.1, 0.15) is 11.2 Å². The van der Waals surface area contributed by atoms with Crippen LogP contribution >= 0.6 is 11.8 Å². The Morgan fingerprint density at radius 1 is 0.492 bits per heavy atom. The van der Waals surface area contributed by atoms with E-state index in [-0.39, 0.29) is 29.8 Å². The molecule has 0 aliphatic rings. The van der Waals surface area contributed by atoms with Crippen molar-refractivity contribution in [3.05, 3.63) is 0 Å². The van der Waals surface area contributed by atoms with Crippen LogP contribution < -0.4 is 5.32 Å². The number of aliphatic hydroxyl groups is 1. The van der Waals surface area contributed by atoms with Gasteiger partial charge in [-0.25, -0.2) is 0 Å². The van der Waals surface area contributed by atoms with Crippen LogP contribution in [-0.4, -0.2) is 95.1 Å². The van der Waals surface area contributed by atoms with E-state index in [2.05, 4.69) is 112 Å². The Balaban J connectivity index is -0.000000384. The number of amides is 1. The van der Waals surface area contributed by atoms with E-state index < -0.39 is 28.7 Å². The summed E-state index contributed by atoms with van der Waals surface area (Å²) in [5.74, 6) is 1.71. The number of carbonyl (C=O) groups is 3. The molecule has 0 aliphatic heterocycles. The van der Waals surface area contributed by atoms with Gasteiger partial charge < -0.3 is 29.5 Å². The summed E-state index contributed by atoms with van der Waals surface area (Å²) < 4.78 is 15.8. The topological polar surface area (TPSA) is 114 Å². The van der Waals surface area contributed by atoms with Crippen molar-refractivity contribution in [2.75, 3.05) is 44.8 Å². The van der Waals surface area contributed by atoms with Crippen LogP contribution in [0.1, 0.15) is 244 Å². The first kappa shape index (κ1) is 70.2. The second kappa shape index (κ2) is 31.7. The molecule has 0 fully saturated rings. The molecular formula is C55H114N2O7S. The van der Waals surface area contributed by atoms with Crippen LogP contribution in [0.2, 0.25) is 0 Å². The summed E-state index contributed by atoms with van der Waals surface area (Å²) in [5.41, 5.74) is -1.06. The average molecular weight is 948 g/mol. The molecule has 0 aromatic carbocycles. The minimum absolute atomic E-state index is 0.0892. The van der Waals surface area contributed by atoms with Crippen LogP contribution in [0.15, 0.2) is 0 Å². The largest absolute Gasteiger partial charge is 0.460 e. The Morgan fingerprint density at radius 2 is 0.815 bits per heavy atom. The van der Waals surface area contributed by atoms with Crippen LogP contribution in [0, 0.1) is 27.1 Å². The summed E-state index contributed by atoms with van der Waals surface area (Å²) in [6.07, 6.45) is 11.2. The molecule has 0 spiro atoms. The van der Waals surface area contributed by atoms with Gasteiger partial charge in [-0.1, -0.05) is 104 Å². The van der Waals surface area contributed by atoms with E-state index in [1.54, 1.807) is 41.5 Å². The number of hydrogen-bond donors (Lipinski definition) is 2. The Labute approximate surface area is 410 Å². The molecule has 0 aromatic heterocycles. The monoisotopic (exact) mass is 947 g/mol. The van der Waals surface area contributed by atoms with Gasteiger partial charge in [-0.15, -0.1) is 0 Å². The number of thioether (sulfide) groups is 1. The molecule has 0 bridgehead atoms. The molecule has 0 radical (unpaired) electrons. The Morgan fingerprint density at radius 3 is 1.09 bits per heavy atom. The van der Waals surface area contributed by atoms with E-state index >= 15 is 0 Å². The van der Waals surface area contributed by atoms with Gasteiger partial charge in [0.25, 0.3) is 0 Å². The maximum Gasteiger partial charge on any atom is 0.309 e. The zero-order chi connectivity index (χ0) is 52.4. The van der Waals surface area contributed by atoms with Gasteiger partial charge >= 0.3 is 11.9 Å². The normalized spacial score (nSPS) is 13.1. The van der Waals surface area contributed by atoms with Gasteiger partial charge in [0.2, 0.25) is 5.91 Å². The molecule has 0 atom stereocenters. The molecule has 0 aromatic rings. The first-order chi connectivity index (χ1) is 28.6. The van der Waals surface area contributed by atoms with Gasteiger partial charge in [-0.3, -0.25) is 14.4 Å². The summed E-state index contributed by atoms with van der Waals surface area (Å²) >= 11 is 2.13. The maximum absolute atomic E-state index is 11.6. The molecule has 0 aliphatic carbocycles. The fourth-order valence-corrected chi connectivity index (χ4v) is 6.64. The highest BCUT2D eigenvalue weighted by Gasteiger charge is 2.32. The van der Waals surface area contributed by atoms with Crippen LogP contribution in [0.4, 0.5) is 0 Å². The van der Waals surface area contributed by atoms with Crippen LogP contribution in [0.5, 0.6) is 0 Å². The Bertz CT molecular complexity index is 1170. The van der Waals surface area contributed by atoms with Crippen molar-refractivity contribution >= 4 is 29.6 Å². The molecule has 10 heteroatoms. The highest BCUT2D eigenvalue weighted by molar-refractivity contribution is 7.99. The molecule has 392 valence electrons. The van der Waals surface area contributed by atoms with Crippen molar-refractivity contribution in [1.82, 2.24) is 10.2 Å². The lowest BCUT2D eigenvalue weighted by Crippen LogP contribution is -2.36. The Hall–Kier alpha value is -1.36. The summed E-state index contributed by atoms with van der Waals surface area (Å²) in [5, 5.41) is 12.9. The van der Waals surface area contributed by atoms with Gasteiger partial charge in [0, 0.05) is 18.6 Å². The van der Waals surface area contributed by atoms with Gasteiger partial charge in [-0.2, -0.15) is 11.8 Å². The van der Waals surface area contributed by atoms with Crippen molar-refractivity contribution in [3.63, 3.8) is 0 Å². The van der Waals surface area contributed by atoms with Gasteiger partial charge in [0.05, 0.1) is 24.0 Å². The molecule has 0 rings (SSSR count). The summed E-state index contributed by atoms with van der Waals surface area (Å²) in [7, 11) is 2.26. The fraction of sp³-hybridized carbons (Fsp3) is 0.945. The number of nitrogens with zero attached hydrogens (tertiary/aromatic N) is 1. The van der Waals surface area contributed by atoms with Gasteiger partial charge in [0.15, 0.2) is 0 Å². The third-order valence-electron chi connectivity index (χ3n) is 9.08. The van der Waals surface area contributed by atoms with Crippen molar-refractivity contribution in [2.45, 2.75) is 266 Å². The molecular weight excluding hydrogens is 833 g/mol. The van der Waals surface area contributed by atoms with E-state index in [4.69, 9.17) is 14.2 Å². The zero-order valence-corrected chi connectivity index (χ0v) is 49.1. The summed E-state index contributed by atoms with van der Waals surface area (Å²) in [6, 6.07) is 0. The van der Waals surface area contributed by atoms with E-state index in [1.165, 1.54) is 82.9 Å². The van der Waals surface area contributed by atoms with Crippen molar-refractivity contribution in [3.8, 4) is 0 Å². The quantitative estimate of drug-likeness (QED) is 0.0909. The summed E-state index contributed by atoms with van der Waals surface area (Å²) in [6.45, 7) is 55.5. The number of esters is 2. The molecule has 0 unspecified atom stereocenters. The van der Waals surface area contributed by atoms with Crippen LogP contribution in [-0.2, 0) is 28.6 Å². The minimum atomic E-state index is -1.47. The lowest BCUT2D eigenvalue weighted by atomic mass is 9.90. The molecule has 65 heavy (non-hydrogen) atoms. The van der Waals surface area contributed by atoms with Gasteiger partial charge in [-0.05, 0) is 180 Å². The summed E-state index contributed by atoms with van der Waals surface area (Å²) in [4.78, 5) is 37.2. The zero-order valence-electron chi connectivity index (χ0n) is 48.3.